The van der Waals surface area contributed by atoms with Crippen molar-refractivity contribution in [3.05, 3.63) is 35.6 Å². The topological polar surface area (TPSA) is 55.8 Å². The summed E-state index contributed by atoms with van der Waals surface area (Å²) in [6.07, 6.45) is 1.23. The minimum absolute atomic E-state index is 0.121. The van der Waals surface area contributed by atoms with Gasteiger partial charge in [-0.3, -0.25) is 9.59 Å². The van der Waals surface area contributed by atoms with E-state index >= 15 is 0 Å². The third-order valence-electron chi connectivity index (χ3n) is 3.62. The number of benzene rings is 1. The summed E-state index contributed by atoms with van der Waals surface area (Å²) in [4.78, 5) is 25.4. The number of halogens is 1. The zero-order valence-electron chi connectivity index (χ0n) is 12.6. The summed E-state index contributed by atoms with van der Waals surface area (Å²) < 4.78 is 23.0. The van der Waals surface area contributed by atoms with Crippen molar-refractivity contribution in [2.24, 2.45) is 0 Å². The molecule has 22 heavy (non-hydrogen) atoms. The molecule has 6 heteroatoms. The molecule has 1 heterocycles. The van der Waals surface area contributed by atoms with E-state index in [1.165, 1.54) is 19.2 Å². The Morgan fingerprint density at radius 2 is 2.09 bits per heavy atom. The molecule has 1 fully saturated rings. The summed E-state index contributed by atoms with van der Waals surface area (Å²) >= 11 is 0. The Morgan fingerprint density at radius 3 is 2.68 bits per heavy atom. The lowest BCUT2D eigenvalue weighted by atomic mass is 10.1. The van der Waals surface area contributed by atoms with Gasteiger partial charge in [-0.2, -0.15) is 0 Å². The van der Waals surface area contributed by atoms with Gasteiger partial charge in [0.25, 0.3) is 5.91 Å². The number of hydrogen-bond acceptors (Lipinski definition) is 4. The molecular formula is C16H20FNO4. The maximum Gasteiger partial charge on any atom is 0.307 e. The summed E-state index contributed by atoms with van der Waals surface area (Å²) in [5.74, 6) is -0.828. The van der Waals surface area contributed by atoms with E-state index < -0.39 is 6.10 Å². The fourth-order valence-corrected chi connectivity index (χ4v) is 2.38. The van der Waals surface area contributed by atoms with Gasteiger partial charge in [-0.15, -0.1) is 0 Å². The van der Waals surface area contributed by atoms with Crippen molar-refractivity contribution in [1.29, 1.82) is 0 Å². The van der Waals surface area contributed by atoms with Crippen molar-refractivity contribution in [3.8, 4) is 0 Å². The van der Waals surface area contributed by atoms with Gasteiger partial charge in [0.2, 0.25) is 0 Å². The minimum Gasteiger partial charge on any atom is -0.469 e. The second-order valence-electron chi connectivity index (χ2n) is 5.21. The van der Waals surface area contributed by atoms with Crippen molar-refractivity contribution in [1.82, 2.24) is 4.90 Å². The molecular weight excluding hydrogens is 289 g/mol. The first-order chi connectivity index (χ1) is 10.6. The third-order valence-corrected chi connectivity index (χ3v) is 3.62. The highest BCUT2D eigenvalue weighted by Gasteiger charge is 2.28. The Bertz CT molecular complexity index is 511. The molecule has 1 atom stereocenters. The number of amides is 1. The molecule has 120 valence electrons. The number of carbonyl (C=O) groups excluding carboxylic acids is 2. The van der Waals surface area contributed by atoms with Crippen LogP contribution >= 0.6 is 0 Å². The van der Waals surface area contributed by atoms with Gasteiger partial charge in [-0.05, 0) is 30.5 Å². The van der Waals surface area contributed by atoms with Crippen molar-refractivity contribution in [3.63, 3.8) is 0 Å². The van der Waals surface area contributed by atoms with Crippen LogP contribution in [0.1, 0.15) is 24.8 Å². The highest BCUT2D eigenvalue weighted by atomic mass is 19.1. The maximum absolute atomic E-state index is 13.0. The zero-order valence-corrected chi connectivity index (χ0v) is 12.6. The van der Waals surface area contributed by atoms with Crippen molar-refractivity contribution in [2.45, 2.75) is 31.9 Å². The summed E-state index contributed by atoms with van der Waals surface area (Å²) in [6.45, 7) is 1.15. The van der Waals surface area contributed by atoms with Gasteiger partial charge in [-0.25, -0.2) is 4.39 Å². The quantitative estimate of drug-likeness (QED) is 0.753. The highest BCUT2D eigenvalue weighted by Crippen LogP contribution is 2.17. The van der Waals surface area contributed by atoms with Crippen molar-refractivity contribution >= 4 is 11.9 Å². The molecule has 0 radical (unpaired) electrons. The van der Waals surface area contributed by atoms with Crippen LogP contribution in [-0.4, -0.2) is 43.1 Å². The lowest BCUT2D eigenvalue weighted by molar-refractivity contribution is -0.144. The summed E-state index contributed by atoms with van der Waals surface area (Å²) in [7, 11) is 1.31. The van der Waals surface area contributed by atoms with E-state index in [9.17, 15) is 14.0 Å². The third kappa shape index (κ3) is 4.53. The van der Waals surface area contributed by atoms with Gasteiger partial charge in [0.15, 0.2) is 0 Å². The van der Waals surface area contributed by atoms with Crippen LogP contribution in [0.25, 0.3) is 0 Å². The van der Waals surface area contributed by atoms with Gasteiger partial charge in [0.05, 0.1) is 13.5 Å². The smallest absolute Gasteiger partial charge is 0.307 e. The van der Waals surface area contributed by atoms with E-state index in [4.69, 9.17) is 4.74 Å². The standard InChI is InChI=1S/C16H20FNO4/c1-21-15(19)8-9-18(16(20)14-3-2-10-22-14)11-12-4-6-13(17)7-5-12/h4-7,14H,2-3,8-11H2,1H3. The molecule has 1 unspecified atom stereocenters. The monoisotopic (exact) mass is 309 g/mol. The molecule has 0 bridgehead atoms. The van der Waals surface area contributed by atoms with Crippen LogP contribution in [0.5, 0.6) is 0 Å². The van der Waals surface area contributed by atoms with Gasteiger partial charge < -0.3 is 14.4 Å². The van der Waals surface area contributed by atoms with Crippen LogP contribution in [-0.2, 0) is 25.6 Å². The van der Waals surface area contributed by atoms with Crippen molar-refractivity contribution < 1.29 is 23.5 Å². The lowest BCUT2D eigenvalue weighted by Crippen LogP contribution is -2.39. The normalized spacial score (nSPS) is 17.3. The Kier molecular flexibility index (Phi) is 5.89. The molecule has 1 saturated heterocycles. The van der Waals surface area contributed by atoms with E-state index in [1.807, 2.05) is 0 Å². The van der Waals surface area contributed by atoms with Gasteiger partial charge >= 0.3 is 5.97 Å². The molecule has 0 spiro atoms. The summed E-state index contributed by atoms with van der Waals surface area (Å²) in [6, 6.07) is 5.96. The average molecular weight is 309 g/mol. The predicted octanol–water partition coefficient (Wildman–Crippen LogP) is 1.90. The number of rotatable bonds is 6. The Morgan fingerprint density at radius 1 is 1.36 bits per heavy atom. The maximum atomic E-state index is 13.0. The summed E-state index contributed by atoms with van der Waals surface area (Å²) in [5.41, 5.74) is 0.803. The first-order valence-electron chi connectivity index (χ1n) is 7.32. The number of nitrogens with zero attached hydrogens (tertiary/aromatic N) is 1. The van der Waals surface area contributed by atoms with Gasteiger partial charge in [-0.1, -0.05) is 12.1 Å². The van der Waals surface area contributed by atoms with E-state index in [-0.39, 0.29) is 30.7 Å². The van der Waals surface area contributed by atoms with E-state index in [1.54, 1.807) is 17.0 Å². The minimum atomic E-state index is -0.446. The molecule has 1 aromatic carbocycles. The number of esters is 1. The van der Waals surface area contributed by atoms with Crippen LogP contribution in [0.3, 0.4) is 0 Å². The fourth-order valence-electron chi connectivity index (χ4n) is 2.38. The average Bonchev–Trinajstić information content (AvgIpc) is 3.06. The van der Waals surface area contributed by atoms with Gasteiger partial charge in [0.1, 0.15) is 11.9 Å². The summed E-state index contributed by atoms with van der Waals surface area (Å²) in [5, 5.41) is 0. The molecule has 0 aromatic heterocycles. The second kappa shape index (κ2) is 7.89. The Hall–Kier alpha value is -1.95. The SMILES string of the molecule is COC(=O)CCN(Cc1ccc(F)cc1)C(=O)C1CCCO1. The van der Waals surface area contributed by atoms with Crippen LogP contribution in [0.4, 0.5) is 4.39 Å². The molecule has 0 aliphatic carbocycles. The molecule has 0 saturated carbocycles. The first-order valence-corrected chi connectivity index (χ1v) is 7.32. The fraction of sp³-hybridized carbons (Fsp3) is 0.500. The highest BCUT2D eigenvalue weighted by molar-refractivity contribution is 5.81. The molecule has 1 aliphatic heterocycles. The van der Waals surface area contributed by atoms with Gasteiger partial charge in [0, 0.05) is 19.7 Å². The van der Waals surface area contributed by atoms with E-state index in [0.717, 1.165) is 12.0 Å². The second-order valence-corrected chi connectivity index (χ2v) is 5.21. The van der Waals surface area contributed by atoms with Crippen molar-refractivity contribution in [2.75, 3.05) is 20.3 Å². The predicted molar refractivity (Wildman–Crippen MR) is 77.4 cm³/mol. The van der Waals surface area contributed by atoms with E-state index in [0.29, 0.717) is 19.6 Å². The Balaban J connectivity index is 2.04. The van der Waals surface area contributed by atoms with E-state index in [2.05, 4.69) is 4.74 Å². The lowest BCUT2D eigenvalue weighted by Gasteiger charge is -2.25. The Labute approximate surface area is 129 Å². The van der Waals surface area contributed by atoms with Crippen LogP contribution < -0.4 is 0 Å². The number of ether oxygens (including phenoxy) is 2. The molecule has 1 aliphatic rings. The van der Waals surface area contributed by atoms with Crippen LogP contribution in [0.2, 0.25) is 0 Å². The number of hydrogen-bond donors (Lipinski definition) is 0. The number of methoxy groups -OCH3 is 1. The first kappa shape index (κ1) is 16.4. The molecule has 0 N–H and O–H groups in total. The number of carbonyl (C=O) groups is 2. The molecule has 1 amide bonds. The largest absolute Gasteiger partial charge is 0.469 e. The van der Waals surface area contributed by atoms with Crippen LogP contribution in [0, 0.1) is 5.82 Å². The zero-order chi connectivity index (χ0) is 15.9. The molecule has 1 aromatic rings. The molecule has 5 nitrogen and oxygen atoms in total. The molecule has 2 rings (SSSR count). The van der Waals surface area contributed by atoms with Crippen LogP contribution in [0.15, 0.2) is 24.3 Å².